The quantitative estimate of drug-likeness (QED) is 0.663. The molecule has 1 N–H and O–H groups in total. The maximum atomic E-state index is 12.2. The molecule has 2 rings (SSSR count). The Morgan fingerprint density at radius 1 is 1.11 bits per heavy atom. The van der Waals surface area contributed by atoms with E-state index in [1.165, 1.54) is 6.07 Å². The van der Waals surface area contributed by atoms with Gasteiger partial charge in [-0.15, -0.1) is 0 Å². The zero-order valence-corrected chi connectivity index (χ0v) is 9.88. The van der Waals surface area contributed by atoms with Gasteiger partial charge in [0.25, 0.3) is 0 Å². The molecule has 0 amide bonds. The van der Waals surface area contributed by atoms with Gasteiger partial charge >= 0.3 is 0 Å². The van der Waals surface area contributed by atoms with Crippen LogP contribution in [0.15, 0.2) is 42.5 Å². The number of rotatable bonds is 3. The summed E-state index contributed by atoms with van der Waals surface area (Å²) >= 11 is 0. The minimum absolute atomic E-state index is 0.0370. The summed E-state index contributed by atoms with van der Waals surface area (Å²) in [5.41, 5.74) is 2.14. The van der Waals surface area contributed by atoms with E-state index >= 15 is 0 Å². The third-order valence-electron chi connectivity index (χ3n) is 2.71. The molecule has 90 valence electrons. The van der Waals surface area contributed by atoms with E-state index in [2.05, 4.69) is 0 Å². The van der Waals surface area contributed by atoms with Gasteiger partial charge in [0.05, 0.1) is 5.56 Å². The molecule has 3 heteroatoms. The maximum Gasteiger partial charge on any atom is 0.196 e. The van der Waals surface area contributed by atoms with Crippen LogP contribution < -0.4 is 0 Å². The predicted molar refractivity (Wildman–Crippen MR) is 68.1 cm³/mol. The average molecular weight is 240 g/mol. The Hall–Kier alpha value is -2.42. The SMILES string of the molecule is Cc1ccc(O)c(C(=O)c2ccc(C=O)cc2)c1. The van der Waals surface area contributed by atoms with Crippen LogP contribution in [0.4, 0.5) is 0 Å². The van der Waals surface area contributed by atoms with Gasteiger partial charge in [0.1, 0.15) is 12.0 Å². The zero-order valence-electron chi connectivity index (χ0n) is 9.88. The first kappa shape index (κ1) is 12.0. The fraction of sp³-hybridized carbons (Fsp3) is 0.0667. The molecule has 2 aromatic rings. The molecule has 0 aliphatic rings. The molecule has 18 heavy (non-hydrogen) atoms. The fourth-order valence-electron chi connectivity index (χ4n) is 1.70. The van der Waals surface area contributed by atoms with Gasteiger partial charge in [-0.1, -0.05) is 35.9 Å². The van der Waals surface area contributed by atoms with Crippen LogP contribution in [0.1, 0.15) is 31.8 Å². The molecular weight excluding hydrogens is 228 g/mol. The smallest absolute Gasteiger partial charge is 0.196 e. The monoisotopic (exact) mass is 240 g/mol. The van der Waals surface area contributed by atoms with Crippen LogP contribution in [0.25, 0.3) is 0 Å². The average Bonchev–Trinajstić information content (AvgIpc) is 2.41. The largest absolute Gasteiger partial charge is 0.507 e. The molecule has 0 atom stereocenters. The first-order valence-corrected chi connectivity index (χ1v) is 5.51. The van der Waals surface area contributed by atoms with Gasteiger partial charge in [0, 0.05) is 11.1 Å². The summed E-state index contributed by atoms with van der Waals surface area (Å²) < 4.78 is 0. The number of benzene rings is 2. The molecule has 0 saturated carbocycles. The Balaban J connectivity index is 2.40. The second kappa shape index (κ2) is 4.84. The van der Waals surface area contributed by atoms with Crippen LogP contribution >= 0.6 is 0 Å². The van der Waals surface area contributed by atoms with E-state index in [1.807, 2.05) is 6.92 Å². The molecule has 0 saturated heterocycles. The predicted octanol–water partition coefficient (Wildman–Crippen LogP) is 2.74. The van der Waals surface area contributed by atoms with E-state index in [4.69, 9.17) is 0 Å². The van der Waals surface area contributed by atoms with E-state index in [0.717, 1.165) is 11.8 Å². The van der Waals surface area contributed by atoms with Crippen molar-refractivity contribution >= 4 is 12.1 Å². The first-order chi connectivity index (χ1) is 8.61. The Kier molecular flexibility index (Phi) is 3.24. The van der Waals surface area contributed by atoms with Gasteiger partial charge in [-0.25, -0.2) is 0 Å². The van der Waals surface area contributed by atoms with Crippen molar-refractivity contribution < 1.29 is 14.7 Å². The zero-order chi connectivity index (χ0) is 13.1. The van der Waals surface area contributed by atoms with E-state index in [1.54, 1.807) is 36.4 Å². The van der Waals surface area contributed by atoms with E-state index < -0.39 is 0 Å². The van der Waals surface area contributed by atoms with Crippen molar-refractivity contribution in [3.63, 3.8) is 0 Å². The van der Waals surface area contributed by atoms with Crippen molar-refractivity contribution in [3.05, 3.63) is 64.7 Å². The number of phenolic OH excluding ortho intramolecular Hbond substituents is 1. The van der Waals surface area contributed by atoms with Gasteiger partial charge in [0.2, 0.25) is 0 Å². The number of aldehydes is 1. The fourth-order valence-corrected chi connectivity index (χ4v) is 1.70. The lowest BCUT2D eigenvalue weighted by atomic mass is 10.00. The number of carbonyl (C=O) groups excluding carboxylic acids is 2. The summed E-state index contributed by atoms with van der Waals surface area (Å²) in [6, 6.07) is 11.2. The van der Waals surface area contributed by atoms with Crippen LogP contribution in [0.2, 0.25) is 0 Å². The number of aromatic hydroxyl groups is 1. The lowest BCUT2D eigenvalue weighted by Gasteiger charge is -2.05. The van der Waals surface area contributed by atoms with Crippen molar-refractivity contribution in [1.82, 2.24) is 0 Å². The summed E-state index contributed by atoms with van der Waals surface area (Å²) in [5.74, 6) is -0.293. The molecular formula is C15H12O3. The van der Waals surface area contributed by atoms with Gasteiger partial charge in [-0.05, 0) is 19.1 Å². The van der Waals surface area contributed by atoms with Crippen LogP contribution in [-0.4, -0.2) is 17.2 Å². The second-order valence-electron chi connectivity index (χ2n) is 4.09. The molecule has 0 aromatic heterocycles. The molecule has 0 heterocycles. The number of aryl methyl sites for hydroxylation is 1. The lowest BCUT2D eigenvalue weighted by Crippen LogP contribution is -2.02. The van der Waals surface area contributed by atoms with Gasteiger partial charge in [-0.2, -0.15) is 0 Å². The normalized spacial score (nSPS) is 10.1. The highest BCUT2D eigenvalue weighted by Crippen LogP contribution is 2.21. The molecule has 0 unspecified atom stereocenters. The summed E-state index contributed by atoms with van der Waals surface area (Å²) in [7, 11) is 0. The second-order valence-corrected chi connectivity index (χ2v) is 4.09. The molecule has 0 bridgehead atoms. The highest BCUT2D eigenvalue weighted by Gasteiger charge is 2.13. The summed E-state index contributed by atoms with van der Waals surface area (Å²) in [5, 5.41) is 9.69. The minimum atomic E-state index is -0.256. The van der Waals surface area contributed by atoms with Crippen molar-refractivity contribution in [1.29, 1.82) is 0 Å². The summed E-state index contributed by atoms with van der Waals surface area (Å²) in [6.07, 6.45) is 0.721. The van der Waals surface area contributed by atoms with E-state index in [0.29, 0.717) is 11.1 Å². The van der Waals surface area contributed by atoms with E-state index in [-0.39, 0.29) is 17.1 Å². The van der Waals surface area contributed by atoms with Crippen molar-refractivity contribution in [3.8, 4) is 5.75 Å². The lowest BCUT2D eigenvalue weighted by molar-refractivity contribution is 0.103. The molecule has 0 fully saturated rings. The molecule has 2 aromatic carbocycles. The maximum absolute atomic E-state index is 12.2. The van der Waals surface area contributed by atoms with Crippen LogP contribution in [0.5, 0.6) is 5.75 Å². The van der Waals surface area contributed by atoms with Crippen molar-refractivity contribution in [2.45, 2.75) is 6.92 Å². The highest BCUT2D eigenvalue weighted by atomic mass is 16.3. The number of carbonyl (C=O) groups is 2. The third-order valence-corrected chi connectivity index (χ3v) is 2.71. The standard InChI is InChI=1S/C15H12O3/c1-10-2-7-14(17)13(8-10)15(18)12-5-3-11(9-16)4-6-12/h2-9,17H,1H3. The minimum Gasteiger partial charge on any atom is -0.507 e. The summed E-state index contributed by atoms with van der Waals surface area (Å²) in [6.45, 7) is 1.85. The van der Waals surface area contributed by atoms with E-state index in [9.17, 15) is 14.7 Å². The van der Waals surface area contributed by atoms with Gasteiger partial charge < -0.3 is 5.11 Å². The molecule has 0 aliphatic heterocycles. The van der Waals surface area contributed by atoms with Crippen molar-refractivity contribution in [2.24, 2.45) is 0 Å². The highest BCUT2D eigenvalue weighted by molar-refractivity contribution is 6.10. The van der Waals surface area contributed by atoms with Crippen LogP contribution in [-0.2, 0) is 0 Å². The number of ketones is 1. The topological polar surface area (TPSA) is 54.4 Å². The first-order valence-electron chi connectivity index (χ1n) is 5.51. The molecule has 0 radical (unpaired) electrons. The Morgan fingerprint density at radius 2 is 1.78 bits per heavy atom. The van der Waals surface area contributed by atoms with Crippen LogP contribution in [0.3, 0.4) is 0 Å². The molecule has 3 nitrogen and oxygen atoms in total. The Morgan fingerprint density at radius 3 is 2.39 bits per heavy atom. The Labute approximate surface area is 105 Å². The molecule has 0 spiro atoms. The Bertz CT molecular complexity index is 598. The van der Waals surface area contributed by atoms with Gasteiger partial charge in [0.15, 0.2) is 5.78 Å². The van der Waals surface area contributed by atoms with Gasteiger partial charge in [-0.3, -0.25) is 9.59 Å². The summed E-state index contributed by atoms with van der Waals surface area (Å²) in [4.78, 5) is 22.7. The number of phenols is 1. The number of hydrogen-bond acceptors (Lipinski definition) is 3. The number of hydrogen-bond donors (Lipinski definition) is 1. The molecule has 0 aliphatic carbocycles. The van der Waals surface area contributed by atoms with Crippen LogP contribution in [0, 0.1) is 6.92 Å². The third kappa shape index (κ3) is 2.30. The van der Waals surface area contributed by atoms with Crippen molar-refractivity contribution in [2.75, 3.05) is 0 Å².